The van der Waals surface area contributed by atoms with Gasteiger partial charge in [-0.3, -0.25) is 0 Å². The molecule has 0 aliphatic heterocycles. The van der Waals surface area contributed by atoms with Gasteiger partial charge in [0.2, 0.25) is 6.71 Å². The molecule has 1 nitrogen and oxygen atoms in total. The summed E-state index contributed by atoms with van der Waals surface area (Å²) < 4.78 is 0. The van der Waals surface area contributed by atoms with Gasteiger partial charge in [0.1, 0.15) is 0 Å². The van der Waals surface area contributed by atoms with E-state index >= 15 is 0 Å². The number of aryl methyl sites for hydroxylation is 6. The molecule has 0 fully saturated rings. The predicted molar refractivity (Wildman–Crippen MR) is 220 cm³/mol. The van der Waals surface area contributed by atoms with E-state index in [9.17, 15) is 0 Å². The van der Waals surface area contributed by atoms with Crippen molar-refractivity contribution >= 4 is 72.5 Å². The van der Waals surface area contributed by atoms with Crippen LogP contribution >= 0.6 is 0 Å². The number of anilines is 3. The zero-order valence-corrected chi connectivity index (χ0v) is 29.9. The molecular weight excluding hydrogens is 601 g/mol. The number of fused-ring (bicyclic) bond motifs is 5. The van der Waals surface area contributed by atoms with Gasteiger partial charge in [0.25, 0.3) is 0 Å². The monoisotopic (exact) mass is 643 g/mol. The summed E-state index contributed by atoms with van der Waals surface area (Å²) in [6.07, 6.45) is 0. The van der Waals surface area contributed by atoms with Gasteiger partial charge in [-0.15, -0.1) is 0 Å². The van der Waals surface area contributed by atoms with Crippen molar-refractivity contribution in [3.63, 3.8) is 0 Å². The lowest BCUT2D eigenvalue weighted by Gasteiger charge is -2.31. The zero-order chi connectivity index (χ0) is 34.5. The van der Waals surface area contributed by atoms with Crippen molar-refractivity contribution < 1.29 is 0 Å². The molecule has 0 spiro atoms. The van der Waals surface area contributed by atoms with Gasteiger partial charge in [0, 0.05) is 16.8 Å². The normalized spacial score (nSPS) is 11.4. The smallest absolute Gasteiger partial charge is 0.243 e. The third-order valence-electron chi connectivity index (χ3n) is 10.5. The summed E-state index contributed by atoms with van der Waals surface area (Å²) in [5.41, 5.74) is 15.5. The molecule has 50 heavy (non-hydrogen) atoms. The molecule has 0 aliphatic carbocycles. The lowest BCUT2D eigenvalue weighted by Crippen LogP contribution is -2.56. The van der Waals surface area contributed by atoms with Gasteiger partial charge in [-0.25, -0.2) is 0 Å². The lowest BCUT2D eigenvalue weighted by atomic mass is 9.33. The van der Waals surface area contributed by atoms with Crippen LogP contribution in [-0.4, -0.2) is 6.71 Å². The van der Waals surface area contributed by atoms with Gasteiger partial charge < -0.3 is 4.90 Å². The maximum Gasteiger partial charge on any atom is 0.243 e. The van der Waals surface area contributed by atoms with Crippen LogP contribution < -0.4 is 21.3 Å². The first-order valence-corrected chi connectivity index (χ1v) is 17.7. The minimum Gasteiger partial charge on any atom is -0.310 e. The van der Waals surface area contributed by atoms with E-state index in [1.165, 1.54) is 87.8 Å². The maximum absolute atomic E-state index is 2.51. The molecule has 0 saturated heterocycles. The summed E-state index contributed by atoms with van der Waals surface area (Å²) in [6, 6.07) is 54.0. The fourth-order valence-corrected chi connectivity index (χ4v) is 8.73. The molecule has 0 heterocycles. The van der Waals surface area contributed by atoms with E-state index in [0.29, 0.717) is 0 Å². The fourth-order valence-electron chi connectivity index (χ4n) is 8.73. The Morgan fingerprint density at radius 3 is 1.26 bits per heavy atom. The Bertz CT molecular complexity index is 2390. The second-order valence-electron chi connectivity index (χ2n) is 14.1. The number of para-hydroxylation sites is 2. The van der Waals surface area contributed by atoms with Gasteiger partial charge in [0.15, 0.2) is 0 Å². The van der Waals surface area contributed by atoms with Crippen molar-refractivity contribution in [1.82, 2.24) is 0 Å². The Balaban J connectivity index is 1.63. The standard InChI is InChI=1S/C48H42BN/c1-31-25-33(3)47(34(4)26-31)49(48-35(5)27-32(2)28-36(48)6)43-29-37-17-13-15-23-41(37)45-42-24-16-14-18-38(42)30-44(46(43)45)50(39-19-9-7-10-20-39)40-21-11-8-12-22-40/h7-30H,1-6H3. The van der Waals surface area contributed by atoms with Crippen LogP contribution in [0.2, 0.25) is 0 Å². The van der Waals surface area contributed by atoms with E-state index in [-0.39, 0.29) is 6.71 Å². The van der Waals surface area contributed by atoms with Crippen LogP contribution in [0.25, 0.3) is 32.3 Å². The Hall–Kier alpha value is -5.60. The van der Waals surface area contributed by atoms with Crippen molar-refractivity contribution in [1.29, 1.82) is 0 Å². The third-order valence-corrected chi connectivity index (χ3v) is 10.5. The molecule has 8 aromatic carbocycles. The molecule has 242 valence electrons. The molecule has 0 bridgehead atoms. The van der Waals surface area contributed by atoms with Crippen LogP contribution in [0.1, 0.15) is 33.4 Å². The van der Waals surface area contributed by atoms with Crippen molar-refractivity contribution in [2.45, 2.75) is 41.5 Å². The Morgan fingerprint density at radius 1 is 0.400 bits per heavy atom. The molecule has 0 N–H and O–H groups in total. The highest BCUT2D eigenvalue weighted by atomic mass is 15.1. The molecule has 8 aromatic rings. The summed E-state index contributed by atoms with van der Waals surface area (Å²) >= 11 is 0. The van der Waals surface area contributed by atoms with E-state index in [4.69, 9.17) is 0 Å². The van der Waals surface area contributed by atoms with E-state index in [2.05, 4.69) is 192 Å². The molecule has 0 amide bonds. The largest absolute Gasteiger partial charge is 0.310 e. The van der Waals surface area contributed by atoms with E-state index in [0.717, 1.165) is 11.4 Å². The van der Waals surface area contributed by atoms with E-state index in [1.54, 1.807) is 0 Å². The molecule has 2 heteroatoms. The molecule has 0 saturated carbocycles. The first-order chi connectivity index (χ1) is 24.3. The Morgan fingerprint density at radius 2 is 0.800 bits per heavy atom. The summed E-state index contributed by atoms with van der Waals surface area (Å²) in [6.45, 7) is 13.7. The van der Waals surface area contributed by atoms with Crippen LogP contribution in [0.3, 0.4) is 0 Å². The van der Waals surface area contributed by atoms with Crippen molar-refractivity contribution in [3.05, 3.63) is 179 Å². The van der Waals surface area contributed by atoms with Gasteiger partial charge in [0.05, 0.1) is 5.69 Å². The third kappa shape index (κ3) is 5.37. The average molecular weight is 644 g/mol. The van der Waals surface area contributed by atoms with Crippen molar-refractivity contribution in [3.8, 4) is 0 Å². The molecule has 0 atom stereocenters. The quantitative estimate of drug-likeness (QED) is 0.129. The predicted octanol–water partition coefficient (Wildman–Crippen LogP) is 11.0. The summed E-state index contributed by atoms with van der Waals surface area (Å²) in [5, 5.41) is 7.64. The fraction of sp³-hybridized carbons (Fsp3) is 0.125. The first kappa shape index (κ1) is 31.7. The van der Waals surface area contributed by atoms with Crippen molar-refractivity contribution in [2.75, 3.05) is 4.90 Å². The molecule has 8 rings (SSSR count). The van der Waals surface area contributed by atoms with Gasteiger partial charge >= 0.3 is 0 Å². The Kier molecular flexibility index (Phi) is 8.04. The topological polar surface area (TPSA) is 3.24 Å². The Labute approximate surface area is 296 Å². The highest BCUT2D eigenvalue weighted by Crippen LogP contribution is 2.43. The highest BCUT2D eigenvalue weighted by molar-refractivity contribution is 6.98. The molecule has 0 unspecified atom stereocenters. The van der Waals surface area contributed by atoms with Crippen LogP contribution in [0, 0.1) is 41.5 Å². The summed E-state index contributed by atoms with van der Waals surface area (Å²) in [5.74, 6) is 0. The summed E-state index contributed by atoms with van der Waals surface area (Å²) in [4.78, 5) is 2.47. The molecule has 0 radical (unpaired) electrons. The molecular formula is C48H42BN. The minimum atomic E-state index is 0.0108. The number of hydrogen-bond donors (Lipinski definition) is 0. The van der Waals surface area contributed by atoms with Crippen LogP contribution in [0.5, 0.6) is 0 Å². The van der Waals surface area contributed by atoms with Crippen LogP contribution in [0.4, 0.5) is 17.1 Å². The van der Waals surface area contributed by atoms with E-state index < -0.39 is 0 Å². The molecule has 0 aliphatic rings. The zero-order valence-electron chi connectivity index (χ0n) is 29.9. The summed E-state index contributed by atoms with van der Waals surface area (Å²) in [7, 11) is 0. The second-order valence-corrected chi connectivity index (χ2v) is 14.1. The average Bonchev–Trinajstić information content (AvgIpc) is 3.10. The molecule has 0 aromatic heterocycles. The van der Waals surface area contributed by atoms with Gasteiger partial charge in [-0.05, 0) is 98.8 Å². The number of rotatable bonds is 6. The minimum absolute atomic E-state index is 0.0108. The number of benzene rings is 8. The first-order valence-electron chi connectivity index (χ1n) is 17.7. The van der Waals surface area contributed by atoms with Crippen LogP contribution in [0.15, 0.2) is 146 Å². The van der Waals surface area contributed by atoms with Gasteiger partial charge in [-0.1, -0.05) is 165 Å². The number of hydrogen-bond acceptors (Lipinski definition) is 1. The second kappa shape index (κ2) is 12.7. The highest BCUT2D eigenvalue weighted by Gasteiger charge is 2.32. The van der Waals surface area contributed by atoms with Crippen LogP contribution in [-0.2, 0) is 0 Å². The van der Waals surface area contributed by atoms with Crippen molar-refractivity contribution in [2.24, 2.45) is 0 Å². The number of nitrogens with zero attached hydrogens (tertiary/aromatic N) is 1. The van der Waals surface area contributed by atoms with E-state index in [1.807, 2.05) is 0 Å². The lowest BCUT2D eigenvalue weighted by molar-refractivity contribution is 1.30. The van der Waals surface area contributed by atoms with Gasteiger partial charge in [-0.2, -0.15) is 0 Å². The SMILES string of the molecule is Cc1cc(C)c(B(c2c(C)cc(C)cc2C)c2cc3ccccc3c3c2c(N(c2ccccc2)c2ccccc2)cc2ccccc23)c(C)c1. The maximum atomic E-state index is 2.51.